The van der Waals surface area contributed by atoms with Crippen molar-refractivity contribution in [2.45, 2.75) is 37.8 Å². The van der Waals surface area contributed by atoms with Crippen LogP contribution >= 0.6 is 11.6 Å². The number of halogens is 1. The van der Waals surface area contributed by atoms with Gasteiger partial charge in [-0.3, -0.25) is 13.9 Å². The van der Waals surface area contributed by atoms with Crippen LogP contribution in [0.2, 0.25) is 5.02 Å². The first kappa shape index (κ1) is 32.6. The lowest BCUT2D eigenvalue weighted by molar-refractivity contribution is -0.140. The van der Waals surface area contributed by atoms with Crippen molar-refractivity contribution in [3.63, 3.8) is 0 Å². The number of anilines is 1. The van der Waals surface area contributed by atoms with Crippen LogP contribution in [0.1, 0.15) is 23.6 Å². The number of methoxy groups -OCH3 is 1. The van der Waals surface area contributed by atoms with Gasteiger partial charge in [-0.25, -0.2) is 8.42 Å². The lowest BCUT2D eigenvalue weighted by atomic mass is 10.0. The van der Waals surface area contributed by atoms with Gasteiger partial charge in [-0.05, 0) is 55.3 Å². The Morgan fingerprint density at radius 2 is 1.55 bits per heavy atom. The molecule has 4 aromatic rings. The predicted molar refractivity (Wildman–Crippen MR) is 173 cm³/mol. The van der Waals surface area contributed by atoms with Gasteiger partial charge in [0, 0.05) is 24.5 Å². The summed E-state index contributed by atoms with van der Waals surface area (Å²) in [5, 5.41) is 3.13. The van der Waals surface area contributed by atoms with Crippen molar-refractivity contribution in [3.8, 4) is 5.75 Å². The van der Waals surface area contributed by atoms with Gasteiger partial charge in [-0.2, -0.15) is 0 Å². The van der Waals surface area contributed by atoms with Gasteiger partial charge in [-0.15, -0.1) is 0 Å². The zero-order valence-electron chi connectivity index (χ0n) is 24.9. The Labute approximate surface area is 264 Å². The van der Waals surface area contributed by atoms with E-state index in [9.17, 15) is 18.0 Å². The lowest BCUT2D eigenvalue weighted by Crippen LogP contribution is -2.53. The Hall–Kier alpha value is -4.34. The standard InChI is InChI=1S/C34H36ClN3O5S/c1-4-36-34(40)31(21-26-13-7-5-8-14-26)37(23-27-15-11-12-25(2)20-27)33(39)24-38(30-22-28(35)18-19-32(30)43-3)44(41,42)29-16-9-6-10-17-29/h5-20,22,31H,4,21,23-24H2,1-3H3,(H,36,40)/t31-/m0/s1. The van der Waals surface area contributed by atoms with Gasteiger partial charge < -0.3 is 15.0 Å². The van der Waals surface area contributed by atoms with E-state index in [0.29, 0.717) is 6.54 Å². The highest BCUT2D eigenvalue weighted by Gasteiger charge is 2.35. The fourth-order valence-electron chi connectivity index (χ4n) is 4.94. The summed E-state index contributed by atoms with van der Waals surface area (Å²) in [6.45, 7) is 3.60. The third-order valence-corrected chi connectivity index (χ3v) is 9.09. The molecule has 0 unspecified atom stereocenters. The smallest absolute Gasteiger partial charge is 0.264 e. The number of likely N-dealkylation sites (N-methyl/N-ethyl adjacent to an activating group) is 1. The fourth-order valence-corrected chi connectivity index (χ4v) is 6.55. The Morgan fingerprint density at radius 1 is 0.886 bits per heavy atom. The summed E-state index contributed by atoms with van der Waals surface area (Å²) in [5.41, 5.74) is 2.75. The molecular formula is C34H36ClN3O5S. The highest BCUT2D eigenvalue weighted by atomic mass is 35.5. The van der Waals surface area contributed by atoms with Gasteiger partial charge in [0.1, 0.15) is 18.3 Å². The second-order valence-electron chi connectivity index (χ2n) is 10.3. The number of carbonyl (C=O) groups excluding carboxylic acids is 2. The minimum atomic E-state index is -4.28. The second kappa shape index (κ2) is 14.9. The van der Waals surface area contributed by atoms with Gasteiger partial charge in [-0.1, -0.05) is 90.0 Å². The van der Waals surface area contributed by atoms with E-state index in [1.807, 2.05) is 68.4 Å². The molecule has 1 atom stereocenters. The summed E-state index contributed by atoms with van der Waals surface area (Å²) in [6, 6.07) is 28.6. The van der Waals surface area contributed by atoms with Crippen molar-refractivity contribution in [3.05, 3.63) is 125 Å². The van der Waals surface area contributed by atoms with Crippen LogP contribution in [0.15, 0.2) is 108 Å². The van der Waals surface area contributed by atoms with Gasteiger partial charge in [0.15, 0.2) is 0 Å². The molecule has 44 heavy (non-hydrogen) atoms. The normalized spacial score (nSPS) is 11.8. The molecule has 4 rings (SSSR count). The SMILES string of the molecule is CCNC(=O)[C@H](Cc1ccccc1)N(Cc1cccc(C)c1)C(=O)CN(c1cc(Cl)ccc1OC)S(=O)(=O)c1ccccc1. The first-order valence-electron chi connectivity index (χ1n) is 14.2. The molecule has 0 aliphatic rings. The predicted octanol–water partition coefficient (Wildman–Crippen LogP) is 5.63. The maximum atomic E-state index is 14.5. The summed E-state index contributed by atoms with van der Waals surface area (Å²) >= 11 is 6.33. The number of benzene rings is 4. The van der Waals surface area contributed by atoms with Crippen molar-refractivity contribution in [2.75, 3.05) is 24.5 Å². The summed E-state index contributed by atoms with van der Waals surface area (Å²) in [4.78, 5) is 29.5. The number of carbonyl (C=O) groups is 2. The number of sulfonamides is 1. The molecule has 4 aromatic carbocycles. The zero-order chi connectivity index (χ0) is 31.7. The van der Waals surface area contributed by atoms with E-state index in [1.54, 1.807) is 30.3 Å². The van der Waals surface area contributed by atoms with E-state index in [-0.39, 0.29) is 40.2 Å². The summed E-state index contributed by atoms with van der Waals surface area (Å²) in [6.07, 6.45) is 0.232. The van der Waals surface area contributed by atoms with Crippen molar-refractivity contribution in [1.29, 1.82) is 0 Å². The maximum absolute atomic E-state index is 14.5. The number of hydrogen-bond donors (Lipinski definition) is 1. The zero-order valence-corrected chi connectivity index (χ0v) is 26.5. The number of nitrogens with zero attached hydrogens (tertiary/aromatic N) is 2. The van der Waals surface area contributed by atoms with Crippen LogP contribution in [-0.2, 0) is 32.6 Å². The molecule has 0 radical (unpaired) electrons. The van der Waals surface area contributed by atoms with Crippen LogP contribution in [0.5, 0.6) is 5.75 Å². The fraction of sp³-hybridized carbons (Fsp3) is 0.235. The summed E-state index contributed by atoms with van der Waals surface area (Å²) in [7, 11) is -2.87. The number of ether oxygens (including phenoxy) is 1. The number of rotatable bonds is 13. The third-order valence-electron chi connectivity index (χ3n) is 7.08. The number of hydrogen-bond acceptors (Lipinski definition) is 5. The first-order chi connectivity index (χ1) is 21.1. The van der Waals surface area contributed by atoms with Crippen LogP contribution in [0.3, 0.4) is 0 Å². The van der Waals surface area contributed by atoms with E-state index >= 15 is 0 Å². The van der Waals surface area contributed by atoms with Gasteiger partial charge in [0.25, 0.3) is 10.0 Å². The Balaban J connectivity index is 1.84. The molecule has 0 aromatic heterocycles. The third kappa shape index (κ3) is 7.98. The highest BCUT2D eigenvalue weighted by molar-refractivity contribution is 7.92. The van der Waals surface area contributed by atoms with E-state index in [2.05, 4.69) is 5.32 Å². The molecule has 0 aliphatic heterocycles. The molecule has 0 saturated carbocycles. The topological polar surface area (TPSA) is 96.0 Å². The average molecular weight is 634 g/mol. The molecule has 0 heterocycles. The van der Waals surface area contributed by atoms with Crippen LogP contribution in [0.25, 0.3) is 0 Å². The molecule has 1 N–H and O–H groups in total. The lowest BCUT2D eigenvalue weighted by Gasteiger charge is -2.34. The second-order valence-corrected chi connectivity index (χ2v) is 12.6. The molecule has 0 bridgehead atoms. The van der Waals surface area contributed by atoms with Crippen LogP contribution < -0.4 is 14.4 Å². The van der Waals surface area contributed by atoms with Crippen LogP contribution in [0.4, 0.5) is 5.69 Å². The largest absolute Gasteiger partial charge is 0.495 e. The number of aryl methyl sites for hydroxylation is 1. The molecule has 0 fully saturated rings. The number of amides is 2. The van der Waals surface area contributed by atoms with E-state index in [1.165, 1.54) is 30.2 Å². The molecule has 0 aliphatic carbocycles. The van der Waals surface area contributed by atoms with Gasteiger partial charge in [0.05, 0.1) is 17.7 Å². The first-order valence-corrected chi connectivity index (χ1v) is 16.0. The van der Waals surface area contributed by atoms with Crippen molar-refractivity contribution >= 4 is 39.1 Å². The Morgan fingerprint density at radius 3 is 2.18 bits per heavy atom. The summed E-state index contributed by atoms with van der Waals surface area (Å²) < 4.78 is 34.8. The van der Waals surface area contributed by atoms with Gasteiger partial charge in [0.2, 0.25) is 11.8 Å². The minimum absolute atomic E-state index is 0.00961. The number of nitrogens with one attached hydrogen (secondary N) is 1. The molecule has 8 nitrogen and oxygen atoms in total. The molecule has 0 saturated heterocycles. The minimum Gasteiger partial charge on any atom is -0.495 e. The molecule has 10 heteroatoms. The Kier molecular flexibility index (Phi) is 11.0. The average Bonchev–Trinajstić information content (AvgIpc) is 3.02. The Bertz CT molecular complexity index is 1680. The van der Waals surface area contributed by atoms with Crippen molar-refractivity contribution in [1.82, 2.24) is 10.2 Å². The van der Waals surface area contributed by atoms with Crippen LogP contribution in [0, 0.1) is 6.92 Å². The maximum Gasteiger partial charge on any atom is 0.264 e. The monoisotopic (exact) mass is 633 g/mol. The molecule has 2 amide bonds. The summed E-state index contributed by atoms with van der Waals surface area (Å²) in [5.74, 6) is -0.688. The van der Waals surface area contributed by atoms with E-state index in [4.69, 9.17) is 16.3 Å². The molecule has 230 valence electrons. The van der Waals surface area contributed by atoms with Crippen molar-refractivity contribution < 1.29 is 22.7 Å². The molecule has 0 spiro atoms. The van der Waals surface area contributed by atoms with Crippen molar-refractivity contribution in [2.24, 2.45) is 0 Å². The van der Waals surface area contributed by atoms with Crippen LogP contribution in [-0.4, -0.2) is 51.4 Å². The van der Waals surface area contributed by atoms with E-state index < -0.39 is 28.5 Å². The van der Waals surface area contributed by atoms with E-state index in [0.717, 1.165) is 21.0 Å². The van der Waals surface area contributed by atoms with Gasteiger partial charge >= 0.3 is 0 Å². The quantitative estimate of drug-likeness (QED) is 0.206. The highest BCUT2D eigenvalue weighted by Crippen LogP contribution is 2.35. The molecular weight excluding hydrogens is 598 g/mol.